The number of hydrogen-bond donors (Lipinski definition) is 1. The molecule has 110 valence electrons. The van der Waals surface area contributed by atoms with Gasteiger partial charge in [0.05, 0.1) is 10.5 Å². The van der Waals surface area contributed by atoms with Gasteiger partial charge in [-0.25, -0.2) is 23.1 Å². The number of carbonyl (C=O) groups excluding carboxylic acids is 1. The van der Waals surface area contributed by atoms with Gasteiger partial charge >= 0.3 is 0 Å². The Morgan fingerprint density at radius 3 is 2.62 bits per heavy atom. The van der Waals surface area contributed by atoms with Crippen molar-refractivity contribution in [3.63, 3.8) is 0 Å². The Morgan fingerprint density at radius 2 is 2.10 bits per heavy atom. The Hall–Kier alpha value is -2.11. The van der Waals surface area contributed by atoms with Crippen molar-refractivity contribution in [3.05, 3.63) is 40.8 Å². The average Bonchev–Trinajstić information content (AvgIpc) is 3.17. The molecule has 0 aromatic heterocycles. The fourth-order valence-corrected chi connectivity index (χ4v) is 2.91. The van der Waals surface area contributed by atoms with Crippen LogP contribution in [0.5, 0.6) is 0 Å². The minimum Gasteiger partial charge on any atom is -0.380 e. The van der Waals surface area contributed by atoms with Gasteiger partial charge in [0, 0.05) is 11.8 Å². The first kappa shape index (κ1) is 13.9. The van der Waals surface area contributed by atoms with E-state index in [1.807, 2.05) is 0 Å². The zero-order chi connectivity index (χ0) is 15.2. The smallest absolute Gasteiger partial charge is 0.175 e. The summed E-state index contributed by atoms with van der Waals surface area (Å²) >= 11 is 0. The maximum absolute atomic E-state index is 14.2. The lowest BCUT2D eigenvalue weighted by atomic mass is 10.0. The molecule has 5 nitrogen and oxygen atoms in total. The molecule has 21 heavy (non-hydrogen) atoms. The van der Waals surface area contributed by atoms with Crippen molar-refractivity contribution in [2.24, 2.45) is 5.92 Å². The predicted octanol–water partition coefficient (Wildman–Crippen LogP) is 1.60. The van der Waals surface area contributed by atoms with E-state index in [-0.39, 0.29) is 27.8 Å². The van der Waals surface area contributed by atoms with Crippen LogP contribution in [0.1, 0.15) is 18.4 Å². The molecular formula is C14H12FNO4S. The highest BCUT2D eigenvalue weighted by atomic mass is 32.2. The topological polar surface area (TPSA) is 72.5 Å². The molecule has 1 aromatic carbocycles. The molecule has 1 saturated carbocycles. The Labute approximate surface area is 121 Å². The van der Waals surface area contributed by atoms with Crippen molar-refractivity contribution in [2.75, 3.05) is 6.26 Å². The highest BCUT2D eigenvalue weighted by Gasteiger charge is 2.37. The molecule has 2 aliphatic rings. The van der Waals surface area contributed by atoms with E-state index < -0.39 is 15.7 Å². The van der Waals surface area contributed by atoms with Crippen LogP contribution in [0.25, 0.3) is 5.76 Å². The van der Waals surface area contributed by atoms with E-state index in [1.165, 1.54) is 12.1 Å². The van der Waals surface area contributed by atoms with Gasteiger partial charge in [-0.15, -0.1) is 0 Å². The zero-order valence-corrected chi connectivity index (χ0v) is 12.0. The molecule has 1 fully saturated rings. The number of nitrogens with one attached hydrogen (secondary N) is 1. The molecule has 1 aliphatic heterocycles. The molecule has 0 saturated heterocycles. The number of halogens is 1. The van der Waals surface area contributed by atoms with Crippen LogP contribution in [0.15, 0.2) is 34.4 Å². The fourth-order valence-electron chi connectivity index (χ4n) is 2.27. The van der Waals surface area contributed by atoms with Crippen molar-refractivity contribution in [3.8, 4) is 0 Å². The van der Waals surface area contributed by atoms with Crippen molar-refractivity contribution in [1.82, 2.24) is 5.48 Å². The van der Waals surface area contributed by atoms with E-state index in [9.17, 15) is 17.6 Å². The molecule has 0 bridgehead atoms. The standard InChI is InChI=1S/C14H12FNO4S/c1-21(18,19)9-4-5-10(11(15)6-9)14-13(8-2-3-8)12(7-17)16-20-14/h4-6,8,16H,2-3H2,1H3. The van der Waals surface area contributed by atoms with Crippen molar-refractivity contribution < 1.29 is 22.4 Å². The molecule has 7 heteroatoms. The first-order valence-electron chi connectivity index (χ1n) is 6.34. The molecule has 1 heterocycles. The molecule has 1 N–H and O–H groups in total. The summed E-state index contributed by atoms with van der Waals surface area (Å²) in [6, 6.07) is 3.62. The van der Waals surface area contributed by atoms with E-state index in [2.05, 4.69) is 5.48 Å². The van der Waals surface area contributed by atoms with Crippen LogP contribution in [-0.4, -0.2) is 20.6 Å². The minimum atomic E-state index is -3.48. The monoisotopic (exact) mass is 309 g/mol. The molecule has 0 spiro atoms. The Bertz CT molecular complexity index is 802. The second-order valence-corrected chi connectivity index (χ2v) is 7.13. The predicted molar refractivity (Wildman–Crippen MR) is 72.6 cm³/mol. The molecule has 0 radical (unpaired) electrons. The van der Waals surface area contributed by atoms with E-state index in [0.29, 0.717) is 5.57 Å². The summed E-state index contributed by atoms with van der Waals surface area (Å²) < 4.78 is 37.0. The number of rotatable bonds is 3. The van der Waals surface area contributed by atoms with Gasteiger partial charge in [0.1, 0.15) is 5.82 Å². The molecule has 1 aromatic rings. The maximum Gasteiger partial charge on any atom is 0.175 e. The number of hydroxylamine groups is 1. The SMILES string of the molecule is CS(=O)(=O)c1ccc(C2=C(C3CC3)C(=C=O)NO2)c(F)c1. The third kappa shape index (κ3) is 2.46. The summed E-state index contributed by atoms with van der Waals surface area (Å²) in [6.07, 6.45) is 2.81. The number of benzene rings is 1. The summed E-state index contributed by atoms with van der Waals surface area (Å²) in [5, 5.41) is 0. The van der Waals surface area contributed by atoms with Crippen LogP contribution in [0.4, 0.5) is 4.39 Å². The lowest BCUT2D eigenvalue weighted by molar-refractivity contribution is 0.210. The lowest BCUT2D eigenvalue weighted by Crippen LogP contribution is -2.06. The third-order valence-corrected chi connectivity index (χ3v) is 4.58. The number of sulfone groups is 1. The highest BCUT2D eigenvalue weighted by Crippen LogP contribution is 2.45. The first-order valence-corrected chi connectivity index (χ1v) is 8.23. The summed E-state index contributed by atoms with van der Waals surface area (Å²) in [7, 11) is -3.48. The second kappa shape index (κ2) is 4.72. The summed E-state index contributed by atoms with van der Waals surface area (Å²) in [5.74, 6) is 1.42. The van der Waals surface area contributed by atoms with Crippen LogP contribution in [0.2, 0.25) is 0 Å². The van der Waals surface area contributed by atoms with E-state index in [4.69, 9.17) is 4.84 Å². The van der Waals surface area contributed by atoms with Crippen LogP contribution in [0.3, 0.4) is 0 Å². The van der Waals surface area contributed by atoms with E-state index in [1.54, 1.807) is 5.94 Å². The molecular weight excluding hydrogens is 297 g/mol. The van der Waals surface area contributed by atoms with Crippen LogP contribution >= 0.6 is 0 Å². The van der Waals surface area contributed by atoms with Crippen molar-refractivity contribution in [2.45, 2.75) is 17.7 Å². The van der Waals surface area contributed by atoms with Gasteiger partial charge in [0.15, 0.2) is 27.2 Å². The van der Waals surface area contributed by atoms with Crippen LogP contribution in [0, 0.1) is 11.7 Å². The normalized spacial score (nSPS) is 18.3. The lowest BCUT2D eigenvalue weighted by Gasteiger charge is -2.07. The molecule has 3 rings (SSSR count). The Balaban J connectivity index is 2.12. The van der Waals surface area contributed by atoms with Gasteiger partial charge < -0.3 is 4.84 Å². The zero-order valence-electron chi connectivity index (χ0n) is 11.1. The average molecular weight is 309 g/mol. The highest BCUT2D eigenvalue weighted by molar-refractivity contribution is 7.90. The molecule has 0 atom stereocenters. The fraction of sp³-hybridized carbons (Fsp3) is 0.286. The van der Waals surface area contributed by atoms with Crippen LogP contribution in [-0.2, 0) is 19.5 Å². The number of hydrogen-bond acceptors (Lipinski definition) is 5. The summed E-state index contributed by atoms with van der Waals surface area (Å²) in [5.41, 5.74) is 3.35. The quantitative estimate of drug-likeness (QED) is 0.859. The van der Waals surface area contributed by atoms with Gasteiger partial charge in [-0.2, -0.15) is 0 Å². The maximum atomic E-state index is 14.2. The van der Waals surface area contributed by atoms with Crippen molar-refractivity contribution in [1.29, 1.82) is 0 Å². The molecule has 0 unspecified atom stereocenters. The number of allylic oxidation sites excluding steroid dienone is 1. The van der Waals surface area contributed by atoms with Gasteiger partial charge in [0.25, 0.3) is 0 Å². The van der Waals surface area contributed by atoms with E-state index in [0.717, 1.165) is 25.2 Å². The van der Waals surface area contributed by atoms with Gasteiger partial charge in [-0.05, 0) is 37.0 Å². The Morgan fingerprint density at radius 1 is 1.38 bits per heavy atom. The second-order valence-electron chi connectivity index (χ2n) is 5.11. The first-order chi connectivity index (χ1) is 9.91. The van der Waals surface area contributed by atoms with Gasteiger partial charge in [-0.1, -0.05) is 0 Å². The van der Waals surface area contributed by atoms with E-state index >= 15 is 0 Å². The van der Waals surface area contributed by atoms with Crippen LogP contribution < -0.4 is 5.48 Å². The molecule has 1 aliphatic carbocycles. The van der Waals surface area contributed by atoms with Gasteiger partial charge in [0.2, 0.25) is 0 Å². The van der Waals surface area contributed by atoms with Gasteiger partial charge in [-0.3, -0.25) is 0 Å². The summed E-state index contributed by atoms with van der Waals surface area (Å²) in [6.45, 7) is 0. The Kier molecular flexibility index (Phi) is 3.11. The summed E-state index contributed by atoms with van der Waals surface area (Å²) in [4.78, 5) is 16.0. The van der Waals surface area contributed by atoms with Crippen molar-refractivity contribution >= 4 is 21.5 Å². The largest absolute Gasteiger partial charge is 0.380 e. The molecule has 0 amide bonds. The third-order valence-electron chi connectivity index (χ3n) is 3.47. The minimum absolute atomic E-state index is 0.102.